The Bertz CT molecular complexity index is 445. The van der Waals surface area contributed by atoms with Crippen molar-refractivity contribution in [1.82, 2.24) is 4.37 Å². The molecular weight excluding hydrogens is 250 g/mol. The SMILES string of the molecule is COc1cc(COC(=O)C2CC3CCC2C3)sn1. The van der Waals surface area contributed by atoms with Crippen molar-refractivity contribution in [1.29, 1.82) is 0 Å². The molecule has 0 saturated heterocycles. The van der Waals surface area contributed by atoms with Gasteiger partial charge in [-0.05, 0) is 42.6 Å². The molecule has 3 atom stereocenters. The van der Waals surface area contributed by atoms with E-state index in [2.05, 4.69) is 4.37 Å². The normalized spacial score (nSPS) is 29.5. The van der Waals surface area contributed by atoms with Crippen LogP contribution in [0.25, 0.3) is 0 Å². The molecule has 2 fully saturated rings. The van der Waals surface area contributed by atoms with Gasteiger partial charge in [0.05, 0.1) is 17.9 Å². The standard InChI is InChI=1S/C13H17NO3S/c1-16-12-6-10(18-14-12)7-17-13(15)11-5-8-2-3-9(11)4-8/h6,8-9,11H,2-5,7H2,1H3. The zero-order chi connectivity index (χ0) is 12.5. The van der Waals surface area contributed by atoms with E-state index in [4.69, 9.17) is 9.47 Å². The van der Waals surface area contributed by atoms with Crippen molar-refractivity contribution in [3.63, 3.8) is 0 Å². The van der Waals surface area contributed by atoms with Crippen LogP contribution in [0.3, 0.4) is 0 Å². The minimum Gasteiger partial charge on any atom is -0.480 e. The van der Waals surface area contributed by atoms with E-state index in [1.165, 1.54) is 30.8 Å². The van der Waals surface area contributed by atoms with Crippen LogP contribution in [-0.4, -0.2) is 17.5 Å². The molecule has 3 unspecified atom stereocenters. The molecule has 0 amide bonds. The Morgan fingerprint density at radius 1 is 1.50 bits per heavy atom. The molecule has 2 aliphatic carbocycles. The molecule has 5 heteroatoms. The van der Waals surface area contributed by atoms with Crippen molar-refractivity contribution >= 4 is 17.5 Å². The molecule has 2 bridgehead atoms. The summed E-state index contributed by atoms with van der Waals surface area (Å²) in [4.78, 5) is 12.9. The Morgan fingerprint density at radius 3 is 3.00 bits per heavy atom. The van der Waals surface area contributed by atoms with E-state index >= 15 is 0 Å². The molecule has 98 valence electrons. The number of carbonyl (C=O) groups is 1. The van der Waals surface area contributed by atoms with Crippen molar-refractivity contribution in [2.75, 3.05) is 7.11 Å². The third-order valence-electron chi connectivity index (χ3n) is 4.14. The molecule has 3 rings (SSSR count). The highest BCUT2D eigenvalue weighted by Crippen LogP contribution is 2.48. The number of aromatic nitrogens is 1. The second-order valence-electron chi connectivity index (χ2n) is 5.22. The highest BCUT2D eigenvalue weighted by atomic mass is 32.1. The van der Waals surface area contributed by atoms with Crippen LogP contribution in [0, 0.1) is 17.8 Å². The van der Waals surface area contributed by atoms with E-state index in [0.717, 1.165) is 17.2 Å². The van der Waals surface area contributed by atoms with Gasteiger partial charge in [0.1, 0.15) is 6.61 Å². The zero-order valence-electron chi connectivity index (χ0n) is 10.4. The molecule has 2 aliphatic rings. The Hall–Kier alpha value is -1.10. The van der Waals surface area contributed by atoms with Gasteiger partial charge in [-0.2, -0.15) is 4.37 Å². The Kier molecular flexibility index (Phi) is 3.24. The topological polar surface area (TPSA) is 48.4 Å². The fraction of sp³-hybridized carbons (Fsp3) is 0.692. The van der Waals surface area contributed by atoms with E-state index in [-0.39, 0.29) is 11.9 Å². The Labute approximate surface area is 110 Å². The maximum absolute atomic E-state index is 12.0. The molecule has 18 heavy (non-hydrogen) atoms. The van der Waals surface area contributed by atoms with Gasteiger partial charge < -0.3 is 9.47 Å². The lowest BCUT2D eigenvalue weighted by atomic mass is 9.89. The molecule has 4 nitrogen and oxygen atoms in total. The highest BCUT2D eigenvalue weighted by Gasteiger charge is 2.43. The van der Waals surface area contributed by atoms with Gasteiger partial charge in [-0.3, -0.25) is 4.79 Å². The van der Waals surface area contributed by atoms with E-state index in [9.17, 15) is 4.79 Å². The quantitative estimate of drug-likeness (QED) is 0.787. The van der Waals surface area contributed by atoms with Gasteiger partial charge in [0, 0.05) is 6.07 Å². The number of hydrogen-bond donors (Lipinski definition) is 0. The summed E-state index contributed by atoms with van der Waals surface area (Å²) in [6, 6.07) is 1.82. The van der Waals surface area contributed by atoms with Crippen molar-refractivity contribution in [2.45, 2.75) is 32.3 Å². The minimum atomic E-state index is -0.0189. The fourth-order valence-corrected chi connectivity index (χ4v) is 3.84. The molecule has 2 saturated carbocycles. The summed E-state index contributed by atoms with van der Waals surface area (Å²) in [6.07, 6.45) is 4.78. The van der Waals surface area contributed by atoms with E-state index in [1.807, 2.05) is 6.07 Å². The first-order valence-electron chi connectivity index (χ1n) is 6.42. The van der Waals surface area contributed by atoms with Crippen LogP contribution < -0.4 is 4.74 Å². The lowest BCUT2D eigenvalue weighted by Gasteiger charge is -2.19. The minimum absolute atomic E-state index is 0.0189. The van der Waals surface area contributed by atoms with Crippen LogP contribution in [-0.2, 0) is 16.1 Å². The molecule has 0 aromatic carbocycles. The Balaban J connectivity index is 1.52. The second kappa shape index (κ2) is 4.88. The second-order valence-corrected chi connectivity index (χ2v) is 6.11. The smallest absolute Gasteiger partial charge is 0.309 e. The monoisotopic (exact) mass is 267 g/mol. The van der Waals surface area contributed by atoms with E-state index in [1.54, 1.807) is 7.11 Å². The van der Waals surface area contributed by atoms with Crippen molar-refractivity contribution in [3.05, 3.63) is 10.9 Å². The first kappa shape index (κ1) is 12.0. The average Bonchev–Trinajstić information content (AvgIpc) is 3.11. The first-order valence-corrected chi connectivity index (χ1v) is 7.20. The summed E-state index contributed by atoms with van der Waals surface area (Å²) in [5, 5.41) is 0. The van der Waals surface area contributed by atoms with Gasteiger partial charge >= 0.3 is 5.97 Å². The van der Waals surface area contributed by atoms with Crippen LogP contribution >= 0.6 is 11.5 Å². The van der Waals surface area contributed by atoms with Crippen LogP contribution in [0.1, 0.15) is 30.6 Å². The maximum atomic E-state index is 12.0. The largest absolute Gasteiger partial charge is 0.480 e. The number of nitrogens with zero attached hydrogens (tertiary/aromatic N) is 1. The summed E-state index contributed by atoms with van der Waals surface area (Å²) in [5.41, 5.74) is 0. The molecular formula is C13H17NO3S. The van der Waals surface area contributed by atoms with Crippen LogP contribution in [0.5, 0.6) is 5.88 Å². The summed E-state index contributed by atoms with van der Waals surface area (Å²) in [5.74, 6) is 2.08. The molecule has 0 N–H and O–H groups in total. The predicted molar refractivity (Wildman–Crippen MR) is 67.4 cm³/mol. The molecule has 1 aromatic rings. The number of methoxy groups -OCH3 is 1. The van der Waals surface area contributed by atoms with Gasteiger partial charge in [-0.1, -0.05) is 6.42 Å². The maximum Gasteiger partial charge on any atom is 0.309 e. The van der Waals surface area contributed by atoms with Crippen molar-refractivity contribution in [2.24, 2.45) is 17.8 Å². The van der Waals surface area contributed by atoms with E-state index < -0.39 is 0 Å². The molecule has 0 radical (unpaired) electrons. The number of ether oxygens (including phenoxy) is 2. The van der Waals surface area contributed by atoms with Crippen LogP contribution in [0.2, 0.25) is 0 Å². The first-order chi connectivity index (χ1) is 8.76. The molecule has 1 aromatic heterocycles. The fourth-order valence-electron chi connectivity index (χ4n) is 3.24. The Morgan fingerprint density at radius 2 is 2.39 bits per heavy atom. The predicted octanol–water partition coefficient (Wildman–Crippen LogP) is 2.63. The summed E-state index contributed by atoms with van der Waals surface area (Å²) in [7, 11) is 1.58. The van der Waals surface area contributed by atoms with Gasteiger partial charge in [-0.25, -0.2) is 0 Å². The summed E-state index contributed by atoms with van der Waals surface area (Å²) in [6.45, 7) is 0.327. The number of esters is 1. The number of rotatable bonds is 4. The number of hydrogen-bond acceptors (Lipinski definition) is 5. The van der Waals surface area contributed by atoms with Crippen molar-refractivity contribution in [3.8, 4) is 5.88 Å². The summed E-state index contributed by atoms with van der Waals surface area (Å²) >= 11 is 1.32. The number of carbonyl (C=O) groups excluding carboxylic acids is 1. The van der Waals surface area contributed by atoms with Crippen LogP contribution in [0.4, 0.5) is 0 Å². The van der Waals surface area contributed by atoms with Gasteiger partial charge in [0.2, 0.25) is 5.88 Å². The lowest BCUT2D eigenvalue weighted by molar-refractivity contribution is -0.151. The summed E-state index contributed by atoms with van der Waals surface area (Å²) < 4.78 is 14.5. The van der Waals surface area contributed by atoms with Crippen LogP contribution in [0.15, 0.2) is 6.07 Å². The molecule has 0 aliphatic heterocycles. The average molecular weight is 267 g/mol. The van der Waals surface area contributed by atoms with Gasteiger partial charge in [0.15, 0.2) is 0 Å². The van der Waals surface area contributed by atoms with Gasteiger partial charge in [0.25, 0.3) is 0 Å². The zero-order valence-corrected chi connectivity index (χ0v) is 11.2. The lowest BCUT2D eigenvalue weighted by Crippen LogP contribution is -2.22. The van der Waals surface area contributed by atoms with Gasteiger partial charge in [-0.15, -0.1) is 0 Å². The third-order valence-corrected chi connectivity index (χ3v) is 4.89. The molecule has 0 spiro atoms. The highest BCUT2D eigenvalue weighted by molar-refractivity contribution is 7.05. The molecule has 1 heterocycles. The number of fused-ring (bicyclic) bond motifs is 2. The van der Waals surface area contributed by atoms with Crippen molar-refractivity contribution < 1.29 is 14.3 Å². The van der Waals surface area contributed by atoms with E-state index in [0.29, 0.717) is 18.4 Å². The third kappa shape index (κ3) is 2.23.